The van der Waals surface area contributed by atoms with Gasteiger partial charge >= 0.3 is 0 Å². The first-order valence-electron chi connectivity index (χ1n) is 10.0. The van der Waals surface area contributed by atoms with Gasteiger partial charge in [0.2, 0.25) is 5.95 Å². The van der Waals surface area contributed by atoms with E-state index < -0.39 is 0 Å². The van der Waals surface area contributed by atoms with Crippen LogP contribution in [0.25, 0.3) is 0 Å². The monoisotopic (exact) mass is 370 g/mol. The van der Waals surface area contributed by atoms with Crippen LogP contribution in [0.15, 0.2) is 6.07 Å². The highest BCUT2D eigenvalue weighted by molar-refractivity contribution is 5.43. The minimum Gasteiger partial charge on any atom is -0.373 e. The molecule has 0 spiro atoms. The third-order valence-electron chi connectivity index (χ3n) is 5.73. The summed E-state index contributed by atoms with van der Waals surface area (Å²) in [5, 5.41) is 12.2. The number of likely N-dealkylation sites (tertiary alicyclic amines) is 1. The first-order chi connectivity index (χ1) is 13.1. The van der Waals surface area contributed by atoms with E-state index in [-0.39, 0.29) is 0 Å². The predicted octanol–water partition coefficient (Wildman–Crippen LogP) is 1.94. The van der Waals surface area contributed by atoms with Gasteiger partial charge in [-0.2, -0.15) is 4.98 Å². The summed E-state index contributed by atoms with van der Waals surface area (Å²) < 4.78 is 2.21. The van der Waals surface area contributed by atoms with Gasteiger partial charge in [0.15, 0.2) is 0 Å². The number of aromatic nitrogens is 5. The van der Waals surface area contributed by atoms with E-state index in [9.17, 15) is 0 Å². The minimum atomic E-state index is 0.366. The molecule has 4 heterocycles. The molecular weight excluding hydrogens is 340 g/mol. The van der Waals surface area contributed by atoms with Crippen LogP contribution in [0.2, 0.25) is 0 Å². The van der Waals surface area contributed by atoms with Crippen molar-refractivity contribution in [2.75, 3.05) is 43.4 Å². The van der Waals surface area contributed by atoms with Crippen molar-refractivity contribution in [3.05, 3.63) is 23.4 Å². The van der Waals surface area contributed by atoms with Crippen molar-refractivity contribution in [3.63, 3.8) is 0 Å². The van der Waals surface area contributed by atoms with Crippen LogP contribution >= 0.6 is 0 Å². The Labute approximate surface area is 161 Å². The van der Waals surface area contributed by atoms with Gasteiger partial charge in [-0.3, -0.25) is 4.90 Å². The Morgan fingerprint density at radius 3 is 2.70 bits per heavy atom. The Kier molecular flexibility index (Phi) is 5.24. The fraction of sp³-hybridized carbons (Fsp3) is 0.684. The van der Waals surface area contributed by atoms with E-state index in [0.29, 0.717) is 5.92 Å². The molecule has 1 atom stereocenters. The molecule has 2 fully saturated rings. The van der Waals surface area contributed by atoms with Crippen LogP contribution < -0.4 is 10.2 Å². The molecule has 27 heavy (non-hydrogen) atoms. The lowest BCUT2D eigenvalue weighted by Crippen LogP contribution is -2.36. The van der Waals surface area contributed by atoms with Crippen LogP contribution in [-0.2, 0) is 13.6 Å². The first kappa shape index (κ1) is 18.2. The topological polar surface area (TPSA) is 75.0 Å². The van der Waals surface area contributed by atoms with Gasteiger partial charge in [-0.1, -0.05) is 0 Å². The summed E-state index contributed by atoms with van der Waals surface area (Å²) in [5.41, 5.74) is 0.984. The Bertz CT molecular complexity index is 780. The average Bonchev–Trinajstić information content (AvgIpc) is 3.32. The maximum atomic E-state index is 4.65. The van der Waals surface area contributed by atoms with Crippen molar-refractivity contribution in [3.8, 4) is 0 Å². The number of rotatable bonds is 5. The molecule has 4 rings (SSSR count). The van der Waals surface area contributed by atoms with Crippen LogP contribution in [0.3, 0.4) is 0 Å². The second-order valence-electron chi connectivity index (χ2n) is 7.75. The van der Waals surface area contributed by atoms with Gasteiger partial charge in [-0.05, 0) is 45.7 Å². The maximum Gasteiger partial charge on any atom is 0.227 e. The number of aryl methyl sites for hydroxylation is 1. The standard InChI is InChI=1S/C19H30N8/c1-14-11-16(20-2)22-19(21-14)27-10-6-7-15(12-27)18-24-23-17(25(18)3)13-26-8-4-5-9-26/h11,15H,4-10,12-13H2,1-3H3,(H,20,21,22). The molecule has 0 radical (unpaired) electrons. The smallest absolute Gasteiger partial charge is 0.227 e. The van der Waals surface area contributed by atoms with Gasteiger partial charge < -0.3 is 14.8 Å². The summed E-state index contributed by atoms with van der Waals surface area (Å²) in [4.78, 5) is 14.1. The number of hydrogen-bond donors (Lipinski definition) is 1. The van der Waals surface area contributed by atoms with Gasteiger partial charge in [0.1, 0.15) is 17.5 Å². The van der Waals surface area contributed by atoms with E-state index in [1.165, 1.54) is 25.9 Å². The fourth-order valence-electron chi connectivity index (χ4n) is 4.20. The van der Waals surface area contributed by atoms with E-state index in [1.54, 1.807) is 0 Å². The number of piperidine rings is 1. The van der Waals surface area contributed by atoms with Crippen LogP contribution in [-0.4, -0.2) is 62.9 Å². The molecule has 0 amide bonds. The van der Waals surface area contributed by atoms with Crippen molar-refractivity contribution < 1.29 is 0 Å². The summed E-state index contributed by atoms with van der Waals surface area (Å²) in [6, 6.07) is 1.97. The third kappa shape index (κ3) is 3.90. The number of anilines is 2. The second kappa shape index (κ2) is 7.80. The molecule has 0 aromatic carbocycles. The third-order valence-corrected chi connectivity index (χ3v) is 5.73. The van der Waals surface area contributed by atoms with Crippen LogP contribution in [0.4, 0.5) is 11.8 Å². The van der Waals surface area contributed by atoms with Crippen molar-refractivity contribution in [1.82, 2.24) is 29.6 Å². The molecule has 2 aliphatic rings. The lowest BCUT2D eigenvalue weighted by Gasteiger charge is -2.32. The van der Waals surface area contributed by atoms with Crippen LogP contribution in [0.1, 0.15) is 48.9 Å². The van der Waals surface area contributed by atoms with E-state index >= 15 is 0 Å². The Morgan fingerprint density at radius 1 is 1.11 bits per heavy atom. The van der Waals surface area contributed by atoms with Crippen LogP contribution in [0.5, 0.6) is 0 Å². The van der Waals surface area contributed by atoms with Gasteiger partial charge in [0, 0.05) is 44.9 Å². The van der Waals surface area contributed by atoms with Gasteiger partial charge in [0.25, 0.3) is 0 Å². The first-order valence-corrected chi connectivity index (χ1v) is 10.0. The Morgan fingerprint density at radius 2 is 1.93 bits per heavy atom. The highest BCUT2D eigenvalue weighted by Crippen LogP contribution is 2.28. The molecular formula is C19H30N8. The average molecular weight is 371 g/mol. The fourth-order valence-corrected chi connectivity index (χ4v) is 4.20. The van der Waals surface area contributed by atoms with Gasteiger partial charge in [-0.15, -0.1) is 10.2 Å². The molecule has 8 heteroatoms. The highest BCUT2D eigenvalue weighted by atomic mass is 15.3. The zero-order valence-corrected chi connectivity index (χ0v) is 16.6. The maximum absolute atomic E-state index is 4.65. The van der Waals surface area contributed by atoms with E-state index in [4.69, 9.17) is 0 Å². The molecule has 0 aliphatic carbocycles. The largest absolute Gasteiger partial charge is 0.373 e. The van der Waals surface area contributed by atoms with E-state index in [2.05, 4.69) is 46.9 Å². The van der Waals surface area contributed by atoms with E-state index in [0.717, 1.165) is 61.6 Å². The molecule has 146 valence electrons. The molecule has 2 aromatic heterocycles. The molecule has 0 bridgehead atoms. The van der Waals surface area contributed by atoms with Crippen molar-refractivity contribution in [2.45, 2.75) is 45.1 Å². The molecule has 1 N–H and O–H groups in total. The minimum absolute atomic E-state index is 0.366. The summed E-state index contributed by atoms with van der Waals surface area (Å²) in [6.45, 7) is 7.16. The second-order valence-corrected chi connectivity index (χ2v) is 7.75. The molecule has 2 aromatic rings. The van der Waals surface area contributed by atoms with Crippen molar-refractivity contribution in [2.24, 2.45) is 7.05 Å². The van der Waals surface area contributed by atoms with E-state index in [1.807, 2.05) is 20.0 Å². The molecule has 2 aliphatic heterocycles. The molecule has 0 saturated carbocycles. The zero-order valence-electron chi connectivity index (χ0n) is 16.6. The molecule has 1 unspecified atom stereocenters. The van der Waals surface area contributed by atoms with Gasteiger partial charge in [0.05, 0.1) is 6.54 Å². The Balaban J connectivity index is 1.50. The highest BCUT2D eigenvalue weighted by Gasteiger charge is 2.28. The van der Waals surface area contributed by atoms with Crippen LogP contribution in [0, 0.1) is 6.92 Å². The lowest BCUT2D eigenvalue weighted by molar-refractivity contribution is 0.317. The van der Waals surface area contributed by atoms with Gasteiger partial charge in [-0.25, -0.2) is 4.98 Å². The van der Waals surface area contributed by atoms with Crippen molar-refractivity contribution in [1.29, 1.82) is 0 Å². The number of hydrogen-bond acceptors (Lipinski definition) is 7. The summed E-state index contributed by atoms with van der Waals surface area (Å²) in [7, 11) is 4.01. The number of nitrogens with zero attached hydrogens (tertiary/aromatic N) is 7. The summed E-state index contributed by atoms with van der Waals surface area (Å²) in [6.07, 6.45) is 4.85. The Hall–Kier alpha value is -2.22. The van der Waals surface area contributed by atoms with Crippen molar-refractivity contribution >= 4 is 11.8 Å². The normalized spacial score (nSPS) is 21.0. The lowest BCUT2D eigenvalue weighted by atomic mass is 9.97. The SMILES string of the molecule is CNc1cc(C)nc(N2CCCC(c3nnc(CN4CCCC4)n3C)C2)n1. The zero-order chi connectivity index (χ0) is 18.8. The molecule has 2 saturated heterocycles. The number of nitrogens with one attached hydrogen (secondary N) is 1. The molecule has 8 nitrogen and oxygen atoms in total. The quantitative estimate of drug-likeness (QED) is 0.862. The predicted molar refractivity (Wildman–Crippen MR) is 106 cm³/mol. The summed E-state index contributed by atoms with van der Waals surface area (Å²) in [5.74, 6) is 4.21. The summed E-state index contributed by atoms with van der Waals surface area (Å²) >= 11 is 0.